The molecule has 1 atom stereocenters. The summed E-state index contributed by atoms with van der Waals surface area (Å²) in [6.45, 7) is 3.50. The summed E-state index contributed by atoms with van der Waals surface area (Å²) in [5, 5.41) is 3.96. The first kappa shape index (κ1) is 22.7. The number of carbonyl (C=O) groups excluding carboxylic acids is 3. The van der Waals surface area contributed by atoms with Gasteiger partial charge in [0.2, 0.25) is 5.91 Å². The quantitative estimate of drug-likeness (QED) is 0.656. The van der Waals surface area contributed by atoms with Gasteiger partial charge in [-0.1, -0.05) is 46.9 Å². The number of nitrogens with one attached hydrogen (secondary N) is 1. The molecule has 1 N–H and O–H groups in total. The summed E-state index contributed by atoms with van der Waals surface area (Å²) in [5.41, 5.74) is 0.170. The molecular weight excluding hydrogens is 475 g/mol. The van der Waals surface area contributed by atoms with Crippen LogP contribution in [-0.4, -0.2) is 60.4 Å². The number of hydrogen-bond donors (Lipinski definition) is 1. The molecule has 2 heterocycles. The SMILES string of the molecule is CC1(c2ccc(Cl)c(Cl)c2)NC(=O)N(CC(=O)N2CCN(c3cccc(Cl)c3)CC2)C1=O. The molecular formula is C22H21Cl3N4O3. The van der Waals surface area contributed by atoms with Gasteiger partial charge in [0.1, 0.15) is 12.1 Å². The number of nitrogens with zero attached hydrogens (tertiary/aromatic N) is 3. The number of rotatable bonds is 4. The molecule has 0 aromatic heterocycles. The monoisotopic (exact) mass is 494 g/mol. The Morgan fingerprint density at radius 2 is 1.72 bits per heavy atom. The molecule has 0 spiro atoms. The first-order chi connectivity index (χ1) is 15.2. The molecule has 10 heteroatoms. The van der Waals surface area contributed by atoms with Gasteiger partial charge in [-0.25, -0.2) is 4.79 Å². The maximum absolute atomic E-state index is 13.1. The zero-order valence-corrected chi connectivity index (χ0v) is 19.5. The Morgan fingerprint density at radius 3 is 2.38 bits per heavy atom. The van der Waals surface area contributed by atoms with Crippen molar-refractivity contribution in [3.63, 3.8) is 0 Å². The maximum Gasteiger partial charge on any atom is 0.325 e. The molecule has 2 aromatic rings. The van der Waals surface area contributed by atoms with Crippen LogP contribution in [0.4, 0.5) is 10.5 Å². The topological polar surface area (TPSA) is 73.0 Å². The van der Waals surface area contributed by atoms with E-state index in [2.05, 4.69) is 10.2 Å². The second kappa shape index (κ2) is 8.81. The Balaban J connectivity index is 1.41. The highest BCUT2D eigenvalue weighted by molar-refractivity contribution is 6.42. The fraction of sp³-hybridized carbons (Fsp3) is 0.318. The van der Waals surface area contributed by atoms with E-state index < -0.39 is 17.5 Å². The number of urea groups is 1. The fourth-order valence-electron chi connectivity index (χ4n) is 3.97. The van der Waals surface area contributed by atoms with Crippen molar-refractivity contribution in [3.8, 4) is 0 Å². The Hall–Kier alpha value is -2.48. The van der Waals surface area contributed by atoms with Crippen LogP contribution in [0.5, 0.6) is 0 Å². The normalized spacial score (nSPS) is 21.2. The van der Waals surface area contributed by atoms with Crippen LogP contribution in [0.1, 0.15) is 12.5 Å². The molecule has 7 nitrogen and oxygen atoms in total. The van der Waals surface area contributed by atoms with E-state index in [9.17, 15) is 14.4 Å². The van der Waals surface area contributed by atoms with Crippen molar-refractivity contribution in [3.05, 3.63) is 63.1 Å². The van der Waals surface area contributed by atoms with Crippen LogP contribution >= 0.6 is 34.8 Å². The van der Waals surface area contributed by atoms with Crippen molar-refractivity contribution < 1.29 is 14.4 Å². The molecule has 0 bridgehead atoms. The van der Waals surface area contributed by atoms with Crippen LogP contribution in [-0.2, 0) is 15.1 Å². The summed E-state index contributed by atoms with van der Waals surface area (Å²) in [4.78, 5) is 43.3. The van der Waals surface area contributed by atoms with Gasteiger partial charge in [0.25, 0.3) is 5.91 Å². The zero-order chi connectivity index (χ0) is 23.0. The van der Waals surface area contributed by atoms with E-state index in [1.54, 1.807) is 30.0 Å². The second-order valence-corrected chi connectivity index (χ2v) is 9.17. The highest BCUT2D eigenvalue weighted by Crippen LogP contribution is 2.33. The lowest BCUT2D eigenvalue weighted by Gasteiger charge is -2.36. The number of imide groups is 1. The van der Waals surface area contributed by atoms with Gasteiger partial charge < -0.3 is 15.1 Å². The standard InChI is InChI=1S/C22H21Cl3N4O3/c1-22(14-5-6-17(24)18(25)11-14)20(31)29(21(32)26-22)13-19(30)28-9-7-27(8-10-28)16-4-2-3-15(23)12-16/h2-6,11-12H,7-10,13H2,1H3,(H,26,32). The fourth-order valence-corrected chi connectivity index (χ4v) is 4.45. The van der Waals surface area contributed by atoms with Crippen LogP contribution in [0.3, 0.4) is 0 Å². The summed E-state index contributed by atoms with van der Waals surface area (Å²) in [6, 6.07) is 11.7. The molecule has 168 valence electrons. The van der Waals surface area contributed by atoms with Gasteiger partial charge in [0, 0.05) is 36.9 Å². The molecule has 0 aliphatic carbocycles. The summed E-state index contributed by atoms with van der Waals surface area (Å²) in [6.07, 6.45) is 0. The predicted molar refractivity (Wildman–Crippen MR) is 124 cm³/mol. The Bertz CT molecular complexity index is 1090. The van der Waals surface area contributed by atoms with Gasteiger partial charge in [-0.05, 0) is 42.8 Å². The molecule has 2 aromatic carbocycles. The lowest BCUT2D eigenvalue weighted by molar-refractivity contribution is -0.139. The Morgan fingerprint density at radius 1 is 1.00 bits per heavy atom. The van der Waals surface area contributed by atoms with Crippen molar-refractivity contribution in [1.29, 1.82) is 0 Å². The van der Waals surface area contributed by atoms with Crippen LogP contribution in [0.2, 0.25) is 15.1 Å². The average Bonchev–Trinajstić information content (AvgIpc) is 2.99. The van der Waals surface area contributed by atoms with E-state index in [1.807, 2.05) is 24.3 Å². The zero-order valence-electron chi connectivity index (χ0n) is 17.3. The average molecular weight is 496 g/mol. The third-order valence-electron chi connectivity index (χ3n) is 5.87. The molecule has 2 saturated heterocycles. The third-order valence-corrected chi connectivity index (χ3v) is 6.85. The molecule has 1 unspecified atom stereocenters. The van der Waals surface area contributed by atoms with E-state index in [4.69, 9.17) is 34.8 Å². The van der Waals surface area contributed by atoms with Crippen LogP contribution < -0.4 is 10.2 Å². The first-order valence-corrected chi connectivity index (χ1v) is 11.2. The van der Waals surface area contributed by atoms with Crippen molar-refractivity contribution >= 4 is 58.3 Å². The van der Waals surface area contributed by atoms with Crippen molar-refractivity contribution in [1.82, 2.24) is 15.1 Å². The van der Waals surface area contributed by atoms with Crippen LogP contribution in [0.15, 0.2) is 42.5 Å². The van der Waals surface area contributed by atoms with Crippen molar-refractivity contribution in [2.45, 2.75) is 12.5 Å². The molecule has 32 heavy (non-hydrogen) atoms. The number of piperazine rings is 1. The van der Waals surface area contributed by atoms with Crippen LogP contribution in [0.25, 0.3) is 0 Å². The smallest absolute Gasteiger partial charge is 0.325 e. The highest BCUT2D eigenvalue weighted by Gasteiger charge is 2.50. The summed E-state index contributed by atoms with van der Waals surface area (Å²) in [7, 11) is 0. The minimum Gasteiger partial charge on any atom is -0.368 e. The lowest BCUT2D eigenvalue weighted by Crippen LogP contribution is -2.52. The second-order valence-electron chi connectivity index (χ2n) is 7.92. The number of hydrogen-bond acceptors (Lipinski definition) is 4. The van der Waals surface area contributed by atoms with Gasteiger partial charge in [-0.2, -0.15) is 0 Å². The number of carbonyl (C=O) groups is 3. The minimum absolute atomic E-state index is 0.277. The molecule has 4 rings (SSSR count). The molecule has 0 saturated carbocycles. The van der Waals surface area contributed by atoms with Crippen molar-refractivity contribution in [2.24, 2.45) is 0 Å². The van der Waals surface area contributed by atoms with E-state index in [1.165, 1.54) is 0 Å². The third kappa shape index (κ3) is 4.25. The van der Waals surface area contributed by atoms with Gasteiger partial charge >= 0.3 is 6.03 Å². The van der Waals surface area contributed by atoms with Crippen molar-refractivity contribution in [2.75, 3.05) is 37.6 Å². The molecule has 2 fully saturated rings. The summed E-state index contributed by atoms with van der Waals surface area (Å²) in [5.74, 6) is -0.788. The van der Waals surface area contributed by atoms with E-state index >= 15 is 0 Å². The Labute approximate surface area is 200 Å². The predicted octanol–water partition coefficient (Wildman–Crippen LogP) is 3.76. The van der Waals surface area contributed by atoms with Gasteiger partial charge in [-0.15, -0.1) is 0 Å². The van der Waals surface area contributed by atoms with E-state index in [0.717, 1.165) is 10.6 Å². The van der Waals surface area contributed by atoms with Gasteiger partial charge in [-0.3, -0.25) is 14.5 Å². The highest BCUT2D eigenvalue weighted by atomic mass is 35.5. The summed E-state index contributed by atoms with van der Waals surface area (Å²) >= 11 is 18.1. The van der Waals surface area contributed by atoms with Crippen LogP contribution in [0, 0.1) is 0 Å². The lowest BCUT2D eigenvalue weighted by atomic mass is 9.92. The van der Waals surface area contributed by atoms with E-state index in [-0.39, 0.29) is 17.5 Å². The minimum atomic E-state index is -1.32. The number of amides is 4. The number of benzene rings is 2. The van der Waals surface area contributed by atoms with E-state index in [0.29, 0.717) is 41.8 Å². The molecule has 4 amide bonds. The Kier molecular flexibility index (Phi) is 6.25. The largest absolute Gasteiger partial charge is 0.368 e. The summed E-state index contributed by atoms with van der Waals surface area (Å²) < 4.78 is 0. The number of halogens is 3. The number of anilines is 1. The van der Waals surface area contributed by atoms with Gasteiger partial charge in [0.15, 0.2) is 0 Å². The first-order valence-electron chi connectivity index (χ1n) is 10.1. The molecule has 2 aliphatic heterocycles. The molecule has 0 radical (unpaired) electrons. The molecule has 2 aliphatic rings. The maximum atomic E-state index is 13.1. The van der Waals surface area contributed by atoms with Gasteiger partial charge in [0.05, 0.1) is 10.0 Å².